The number of furan rings is 1. The Kier molecular flexibility index (Phi) is 5.18. The number of aromatic nitrogens is 3. The topological polar surface area (TPSA) is 51.8 Å². The molecule has 0 spiro atoms. The molecular weight excluding hydrogens is 671 g/mol. The predicted molar refractivity (Wildman–Crippen MR) is 227 cm³/mol. The summed E-state index contributed by atoms with van der Waals surface area (Å²) < 4.78 is 93.0. The van der Waals surface area contributed by atoms with Gasteiger partial charge in [0, 0.05) is 27.5 Å². The van der Waals surface area contributed by atoms with E-state index < -0.39 is 30.2 Å². The second-order valence-electron chi connectivity index (χ2n) is 13.2. The van der Waals surface area contributed by atoms with E-state index >= 15 is 0 Å². The van der Waals surface area contributed by atoms with Crippen molar-refractivity contribution in [3.63, 3.8) is 0 Å². The number of benzene rings is 9. The Hall–Kier alpha value is -7.43. The number of hydrogen-bond acceptors (Lipinski definition) is 4. The molecule has 0 aliphatic heterocycles. The highest BCUT2D eigenvalue weighted by Crippen LogP contribution is 2.42. The summed E-state index contributed by atoms with van der Waals surface area (Å²) in [5, 5.41) is 6.67. The monoisotopic (exact) mass is 711 g/mol. The van der Waals surface area contributed by atoms with Gasteiger partial charge in [-0.25, -0.2) is 15.0 Å². The molecule has 0 fully saturated rings. The lowest BCUT2D eigenvalue weighted by Crippen LogP contribution is -2.00. The van der Waals surface area contributed by atoms with E-state index in [9.17, 15) is 1.37 Å². The molecule has 0 amide bonds. The van der Waals surface area contributed by atoms with Crippen molar-refractivity contribution in [2.45, 2.75) is 0 Å². The summed E-state index contributed by atoms with van der Waals surface area (Å²) in [7, 11) is 0. The van der Waals surface area contributed by atoms with Crippen LogP contribution in [0.4, 0.5) is 0 Å². The fraction of sp³-hybridized carbons (Fsp3) is 0. The molecule has 0 aliphatic carbocycles. The van der Waals surface area contributed by atoms with Crippen LogP contribution in [0.15, 0.2) is 192 Å². The lowest BCUT2D eigenvalue weighted by Gasteiger charge is -2.13. The third kappa shape index (κ3) is 5.26. The van der Waals surface area contributed by atoms with Crippen LogP contribution in [-0.4, -0.2) is 15.0 Å². The molecule has 55 heavy (non-hydrogen) atoms. The van der Waals surface area contributed by atoms with Crippen LogP contribution < -0.4 is 0 Å². The minimum absolute atomic E-state index is 0.00949. The van der Waals surface area contributed by atoms with Crippen molar-refractivity contribution < 1.29 is 18.1 Å². The van der Waals surface area contributed by atoms with Gasteiger partial charge in [-0.3, -0.25) is 0 Å². The SMILES string of the molecule is [2H]c1c([2H])c([2H])c(-c2ccc(-c3nc(-c4ccccc4)nc(-c4c([2H])c(-c5ccc6c7ccccc7c7ccccc7c6c5)cc5oc6c([2H])c([2H])c([2H])c([2H])c6c45)n3)cc2)c([2H])c1[2H]. The van der Waals surface area contributed by atoms with Crippen molar-refractivity contribution in [1.29, 1.82) is 0 Å². The van der Waals surface area contributed by atoms with Crippen LogP contribution in [0.1, 0.15) is 13.7 Å². The second-order valence-corrected chi connectivity index (χ2v) is 13.2. The van der Waals surface area contributed by atoms with Crippen molar-refractivity contribution in [1.82, 2.24) is 15.0 Å². The average molecular weight is 712 g/mol. The van der Waals surface area contributed by atoms with Gasteiger partial charge in [-0.15, -0.1) is 0 Å². The maximum atomic E-state index is 10.1. The Bertz CT molecular complexity index is 3770. The standard InChI is InChI=1S/C51H31N3O/c1-3-13-32(14-4-1)33-23-25-35(26-24-33)50-52-49(34-15-5-2-6-16-34)53-51(54-50)45-30-37(31-47-48(45)43-21-11-12-22-46(43)55-47)36-27-28-42-40-19-8-7-17-38(40)39-18-9-10-20-41(39)44(42)29-36/h1-31H/i1D,3D,4D,11D,12D,13D,14D,21D,22D,30D. The molecule has 11 rings (SSSR count). The van der Waals surface area contributed by atoms with E-state index in [-0.39, 0.29) is 80.8 Å². The zero-order valence-electron chi connectivity index (χ0n) is 38.9. The van der Waals surface area contributed by atoms with E-state index in [1.807, 2.05) is 66.7 Å². The molecule has 9 aromatic carbocycles. The van der Waals surface area contributed by atoms with Gasteiger partial charge in [0.2, 0.25) is 0 Å². The van der Waals surface area contributed by atoms with E-state index in [0.717, 1.165) is 32.3 Å². The van der Waals surface area contributed by atoms with Crippen LogP contribution in [0.5, 0.6) is 0 Å². The van der Waals surface area contributed by atoms with Crippen LogP contribution in [0.2, 0.25) is 0 Å². The van der Waals surface area contributed by atoms with Gasteiger partial charge in [0.05, 0.1) is 13.7 Å². The maximum Gasteiger partial charge on any atom is 0.164 e. The van der Waals surface area contributed by atoms with Crippen LogP contribution in [0, 0.1) is 0 Å². The molecule has 0 N–H and O–H groups in total. The van der Waals surface area contributed by atoms with Gasteiger partial charge in [-0.1, -0.05) is 164 Å². The van der Waals surface area contributed by atoms with Gasteiger partial charge in [0.15, 0.2) is 17.5 Å². The maximum absolute atomic E-state index is 10.1. The Balaban J connectivity index is 1.19. The molecule has 0 bridgehead atoms. The van der Waals surface area contributed by atoms with Gasteiger partial charge < -0.3 is 4.42 Å². The molecule has 256 valence electrons. The summed E-state index contributed by atoms with van der Waals surface area (Å²) in [6.07, 6.45) is 0. The van der Waals surface area contributed by atoms with Crippen molar-refractivity contribution >= 4 is 54.3 Å². The highest BCUT2D eigenvalue weighted by molar-refractivity contribution is 6.26. The first-order chi connectivity index (χ1) is 31.4. The lowest BCUT2D eigenvalue weighted by molar-refractivity contribution is 0.669. The number of nitrogens with zero attached hydrogens (tertiary/aromatic N) is 3. The Labute approximate surface area is 331 Å². The average Bonchev–Trinajstić information content (AvgIpc) is 3.73. The van der Waals surface area contributed by atoms with Crippen molar-refractivity contribution in [3.05, 3.63) is 188 Å². The first-order valence-corrected chi connectivity index (χ1v) is 17.7. The minimum atomic E-state index is -0.484. The van der Waals surface area contributed by atoms with E-state index in [1.54, 1.807) is 30.3 Å². The molecular formula is C51H31N3O. The van der Waals surface area contributed by atoms with Crippen molar-refractivity contribution in [3.8, 4) is 56.4 Å². The van der Waals surface area contributed by atoms with Crippen molar-refractivity contribution in [2.24, 2.45) is 0 Å². The number of para-hydroxylation sites is 1. The van der Waals surface area contributed by atoms with E-state index in [1.165, 1.54) is 0 Å². The van der Waals surface area contributed by atoms with Gasteiger partial charge in [0.25, 0.3) is 0 Å². The van der Waals surface area contributed by atoms with E-state index in [4.69, 9.17) is 31.7 Å². The predicted octanol–water partition coefficient (Wildman–Crippen LogP) is 13.6. The zero-order valence-corrected chi connectivity index (χ0v) is 28.9. The summed E-state index contributed by atoms with van der Waals surface area (Å²) in [4.78, 5) is 14.8. The van der Waals surface area contributed by atoms with Crippen LogP contribution in [0.3, 0.4) is 0 Å². The third-order valence-electron chi connectivity index (χ3n) is 10.0. The van der Waals surface area contributed by atoms with Gasteiger partial charge in [0.1, 0.15) is 11.2 Å². The molecule has 2 heterocycles. The highest BCUT2D eigenvalue weighted by atomic mass is 16.3. The summed E-state index contributed by atoms with van der Waals surface area (Å²) in [6.45, 7) is 0. The number of rotatable bonds is 5. The number of fused-ring (bicyclic) bond motifs is 9. The molecule has 11 aromatic rings. The second kappa shape index (κ2) is 12.6. The van der Waals surface area contributed by atoms with E-state index in [0.29, 0.717) is 27.8 Å². The Morgan fingerprint density at radius 3 is 1.62 bits per heavy atom. The molecule has 0 saturated heterocycles. The van der Waals surface area contributed by atoms with Gasteiger partial charge in [-0.05, 0) is 78.8 Å². The van der Waals surface area contributed by atoms with Gasteiger partial charge >= 0.3 is 0 Å². The molecule has 0 radical (unpaired) electrons. The first kappa shape index (κ1) is 22.6. The quantitative estimate of drug-likeness (QED) is 0.167. The zero-order chi connectivity index (χ0) is 45.0. The Morgan fingerprint density at radius 2 is 0.909 bits per heavy atom. The third-order valence-corrected chi connectivity index (χ3v) is 10.0. The molecule has 4 nitrogen and oxygen atoms in total. The van der Waals surface area contributed by atoms with Gasteiger partial charge in [-0.2, -0.15) is 0 Å². The largest absolute Gasteiger partial charge is 0.456 e. The molecule has 0 unspecified atom stereocenters. The summed E-state index contributed by atoms with van der Waals surface area (Å²) in [6, 6.07) is 36.4. The molecule has 0 atom stereocenters. The Morgan fingerprint density at radius 1 is 0.364 bits per heavy atom. The first-order valence-electron chi connectivity index (χ1n) is 22.7. The number of hydrogen-bond donors (Lipinski definition) is 0. The molecule has 4 heteroatoms. The molecule has 0 saturated carbocycles. The summed E-state index contributed by atoms with van der Waals surface area (Å²) >= 11 is 0. The summed E-state index contributed by atoms with van der Waals surface area (Å²) in [5.41, 5.74) is 3.02. The van der Waals surface area contributed by atoms with Crippen LogP contribution in [-0.2, 0) is 0 Å². The minimum Gasteiger partial charge on any atom is -0.456 e. The summed E-state index contributed by atoms with van der Waals surface area (Å²) in [5.74, 6) is 0.503. The lowest BCUT2D eigenvalue weighted by atomic mass is 9.91. The van der Waals surface area contributed by atoms with Crippen LogP contribution >= 0.6 is 0 Å². The molecule has 0 aliphatic rings. The normalized spacial score (nSPS) is 14.2. The van der Waals surface area contributed by atoms with E-state index in [2.05, 4.69) is 30.3 Å². The smallest absolute Gasteiger partial charge is 0.164 e. The fourth-order valence-corrected chi connectivity index (χ4v) is 7.46. The highest BCUT2D eigenvalue weighted by Gasteiger charge is 2.20. The van der Waals surface area contributed by atoms with Crippen LogP contribution in [0.25, 0.3) is 111 Å². The van der Waals surface area contributed by atoms with Crippen molar-refractivity contribution in [2.75, 3.05) is 0 Å². The molecule has 2 aromatic heterocycles. The fourth-order valence-electron chi connectivity index (χ4n) is 7.46.